The third kappa shape index (κ3) is 1.31. The molecule has 0 amide bonds. The second-order valence-corrected chi connectivity index (χ2v) is 3.60. The maximum Gasteiger partial charge on any atom is 0.311 e. The van der Waals surface area contributed by atoms with E-state index in [1.54, 1.807) is 0 Å². The first kappa shape index (κ1) is 9.24. The van der Waals surface area contributed by atoms with Crippen LogP contribution in [0.5, 0.6) is 0 Å². The molecule has 0 bridgehead atoms. The van der Waals surface area contributed by atoms with Crippen LogP contribution in [0.15, 0.2) is 4.52 Å². The largest absolute Gasteiger partial charge is 0.481 e. The van der Waals surface area contributed by atoms with E-state index in [1.807, 2.05) is 6.92 Å². The molecule has 4 heteroatoms. The SMILES string of the molecule is CCc1noc2c1C(C(=O)O)CCC2. The van der Waals surface area contributed by atoms with Crippen LogP contribution in [0, 0.1) is 0 Å². The molecule has 1 aromatic heterocycles. The number of carbonyl (C=O) groups is 1. The molecule has 1 aliphatic carbocycles. The molecule has 76 valence electrons. The predicted octanol–water partition coefficient (Wildman–Crippen LogP) is 1.74. The highest BCUT2D eigenvalue weighted by molar-refractivity contribution is 5.77. The molecule has 2 rings (SSSR count). The molecule has 0 aliphatic heterocycles. The first-order chi connectivity index (χ1) is 6.74. The zero-order valence-electron chi connectivity index (χ0n) is 8.12. The van der Waals surface area contributed by atoms with Gasteiger partial charge in [-0.25, -0.2) is 0 Å². The van der Waals surface area contributed by atoms with Gasteiger partial charge in [0, 0.05) is 12.0 Å². The zero-order valence-corrected chi connectivity index (χ0v) is 8.12. The lowest BCUT2D eigenvalue weighted by atomic mass is 9.85. The Bertz CT molecular complexity index is 343. The van der Waals surface area contributed by atoms with Crippen LogP contribution in [0.1, 0.15) is 42.7 Å². The molecule has 0 saturated carbocycles. The van der Waals surface area contributed by atoms with Crippen molar-refractivity contribution in [1.82, 2.24) is 5.16 Å². The van der Waals surface area contributed by atoms with Crippen LogP contribution >= 0.6 is 0 Å². The van der Waals surface area contributed by atoms with Crippen LogP contribution < -0.4 is 0 Å². The monoisotopic (exact) mass is 195 g/mol. The van der Waals surface area contributed by atoms with Gasteiger partial charge in [-0.3, -0.25) is 4.79 Å². The van der Waals surface area contributed by atoms with E-state index < -0.39 is 11.9 Å². The summed E-state index contributed by atoms with van der Waals surface area (Å²) in [5, 5.41) is 13.0. The number of fused-ring (bicyclic) bond motifs is 1. The molecule has 1 N–H and O–H groups in total. The highest BCUT2D eigenvalue weighted by Gasteiger charge is 2.31. The van der Waals surface area contributed by atoms with Gasteiger partial charge in [0.2, 0.25) is 0 Å². The van der Waals surface area contributed by atoms with Gasteiger partial charge in [0.15, 0.2) is 0 Å². The van der Waals surface area contributed by atoms with Gasteiger partial charge in [-0.05, 0) is 19.3 Å². The van der Waals surface area contributed by atoms with Crippen molar-refractivity contribution in [2.24, 2.45) is 0 Å². The molecule has 1 unspecified atom stereocenters. The van der Waals surface area contributed by atoms with E-state index in [2.05, 4.69) is 5.16 Å². The van der Waals surface area contributed by atoms with Crippen molar-refractivity contribution >= 4 is 5.97 Å². The lowest BCUT2D eigenvalue weighted by molar-refractivity contribution is -0.139. The fourth-order valence-electron chi connectivity index (χ4n) is 2.06. The number of nitrogens with zero attached hydrogens (tertiary/aromatic N) is 1. The Labute approximate surface area is 81.9 Å². The third-order valence-electron chi connectivity index (χ3n) is 2.76. The van der Waals surface area contributed by atoms with Crippen LogP contribution in [-0.4, -0.2) is 16.2 Å². The Morgan fingerprint density at radius 1 is 1.71 bits per heavy atom. The maximum atomic E-state index is 11.0. The van der Waals surface area contributed by atoms with Gasteiger partial charge < -0.3 is 9.63 Å². The molecule has 14 heavy (non-hydrogen) atoms. The Kier molecular flexibility index (Phi) is 2.27. The van der Waals surface area contributed by atoms with Gasteiger partial charge in [-0.15, -0.1) is 0 Å². The van der Waals surface area contributed by atoms with Gasteiger partial charge in [0.05, 0.1) is 11.6 Å². The lowest BCUT2D eigenvalue weighted by Gasteiger charge is -2.17. The summed E-state index contributed by atoms with van der Waals surface area (Å²) >= 11 is 0. The molecule has 4 nitrogen and oxygen atoms in total. The number of carboxylic acid groups (broad SMARTS) is 1. The topological polar surface area (TPSA) is 63.3 Å². The summed E-state index contributed by atoms with van der Waals surface area (Å²) in [4.78, 5) is 11.0. The minimum atomic E-state index is -0.760. The summed E-state index contributed by atoms with van der Waals surface area (Å²) in [5.41, 5.74) is 1.65. The molecule has 1 atom stereocenters. The summed E-state index contributed by atoms with van der Waals surface area (Å²) in [5.74, 6) is -0.385. The van der Waals surface area contributed by atoms with E-state index in [9.17, 15) is 4.79 Å². The molecule has 0 saturated heterocycles. The summed E-state index contributed by atoms with van der Waals surface area (Å²) in [6.07, 6.45) is 3.15. The van der Waals surface area contributed by atoms with Crippen molar-refractivity contribution in [2.45, 2.75) is 38.5 Å². The van der Waals surface area contributed by atoms with Crippen LogP contribution in [0.2, 0.25) is 0 Å². The fourth-order valence-corrected chi connectivity index (χ4v) is 2.06. The quantitative estimate of drug-likeness (QED) is 0.780. The van der Waals surface area contributed by atoms with E-state index in [4.69, 9.17) is 9.63 Å². The Hall–Kier alpha value is -1.32. The van der Waals surface area contributed by atoms with Crippen LogP contribution in [0.25, 0.3) is 0 Å². The van der Waals surface area contributed by atoms with E-state index in [0.29, 0.717) is 6.42 Å². The number of aryl methyl sites for hydroxylation is 2. The molecule has 0 radical (unpaired) electrons. The van der Waals surface area contributed by atoms with Gasteiger partial charge in [-0.1, -0.05) is 12.1 Å². The first-order valence-corrected chi connectivity index (χ1v) is 4.94. The van der Waals surface area contributed by atoms with Gasteiger partial charge in [0.25, 0.3) is 0 Å². The zero-order chi connectivity index (χ0) is 10.1. The molecule has 1 heterocycles. The highest BCUT2D eigenvalue weighted by atomic mass is 16.5. The minimum Gasteiger partial charge on any atom is -0.481 e. The van der Waals surface area contributed by atoms with Crippen molar-refractivity contribution in [1.29, 1.82) is 0 Å². The summed E-state index contributed by atoms with van der Waals surface area (Å²) in [7, 11) is 0. The maximum absolute atomic E-state index is 11.0. The first-order valence-electron chi connectivity index (χ1n) is 4.94. The predicted molar refractivity (Wildman–Crippen MR) is 49.2 cm³/mol. The highest BCUT2D eigenvalue weighted by Crippen LogP contribution is 2.34. The van der Waals surface area contributed by atoms with E-state index in [1.165, 1.54) is 0 Å². The molecule has 0 fully saturated rings. The summed E-state index contributed by atoms with van der Waals surface area (Å²) in [6, 6.07) is 0. The normalized spacial score (nSPS) is 20.5. The van der Waals surface area contributed by atoms with Crippen LogP contribution in [0.4, 0.5) is 0 Å². The van der Waals surface area contributed by atoms with Crippen molar-refractivity contribution in [3.63, 3.8) is 0 Å². The Morgan fingerprint density at radius 3 is 3.14 bits per heavy atom. The van der Waals surface area contributed by atoms with E-state index in [0.717, 1.165) is 36.3 Å². The number of aliphatic carboxylic acids is 1. The van der Waals surface area contributed by atoms with Crippen molar-refractivity contribution in [3.05, 3.63) is 17.0 Å². The van der Waals surface area contributed by atoms with Crippen molar-refractivity contribution in [3.8, 4) is 0 Å². The molecule has 1 aliphatic rings. The number of carboxylic acids is 1. The van der Waals surface area contributed by atoms with Crippen molar-refractivity contribution < 1.29 is 14.4 Å². The number of rotatable bonds is 2. The number of hydrogen-bond donors (Lipinski definition) is 1. The van der Waals surface area contributed by atoms with E-state index in [-0.39, 0.29) is 0 Å². The Balaban J connectivity index is 2.44. The molecule has 0 spiro atoms. The average molecular weight is 195 g/mol. The summed E-state index contributed by atoms with van der Waals surface area (Å²) < 4.78 is 5.15. The van der Waals surface area contributed by atoms with Crippen LogP contribution in [0.3, 0.4) is 0 Å². The molecular weight excluding hydrogens is 182 g/mol. The molecular formula is C10H13NO3. The van der Waals surface area contributed by atoms with Gasteiger partial charge in [0.1, 0.15) is 5.76 Å². The lowest BCUT2D eigenvalue weighted by Crippen LogP contribution is -2.18. The van der Waals surface area contributed by atoms with Crippen molar-refractivity contribution in [2.75, 3.05) is 0 Å². The molecule has 0 aromatic carbocycles. The second kappa shape index (κ2) is 3.44. The van der Waals surface area contributed by atoms with Crippen LogP contribution in [-0.2, 0) is 17.6 Å². The van der Waals surface area contributed by atoms with Gasteiger partial charge in [-0.2, -0.15) is 0 Å². The van der Waals surface area contributed by atoms with E-state index >= 15 is 0 Å². The second-order valence-electron chi connectivity index (χ2n) is 3.60. The smallest absolute Gasteiger partial charge is 0.311 e. The third-order valence-corrected chi connectivity index (χ3v) is 2.76. The minimum absolute atomic E-state index is 0.403. The average Bonchev–Trinajstić information content (AvgIpc) is 2.59. The number of hydrogen-bond acceptors (Lipinski definition) is 3. The van der Waals surface area contributed by atoms with Gasteiger partial charge >= 0.3 is 5.97 Å². The fraction of sp³-hybridized carbons (Fsp3) is 0.600. The molecule has 1 aromatic rings. The number of aromatic nitrogens is 1. The standard InChI is InChI=1S/C10H13NO3/c1-2-7-9-6(10(12)13)4-3-5-8(9)14-11-7/h6H,2-5H2,1H3,(H,12,13). The Morgan fingerprint density at radius 2 is 2.50 bits per heavy atom. The summed E-state index contributed by atoms with van der Waals surface area (Å²) in [6.45, 7) is 1.96.